The van der Waals surface area contributed by atoms with Crippen LogP contribution in [-0.2, 0) is 32.6 Å². The Morgan fingerprint density at radius 2 is 1.82 bits per heavy atom. The van der Waals surface area contributed by atoms with Gasteiger partial charge in [0.05, 0.1) is 5.41 Å². The Morgan fingerprint density at radius 1 is 1.05 bits per heavy atom. The van der Waals surface area contributed by atoms with Crippen LogP contribution in [-0.4, -0.2) is 51.1 Å². The Hall–Kier alpha value is -4.53. The van der Waals surface area contributed by atoms with Crippen LogP contribution in [0.3, 0.4) is 0 Å². The molecule has 2 aliphatic heterocycles. The molecule has 1 fully saturated rings. The highest BCUT2D eigenvalue weighted by Crippen LogP contribution is 2.47. The summed E-state index contributed by atoms with van der Waals surface area (Å²) in [7, 11) is 0. The molecule has 2 aromatic carbocycles. The van der Waals surface area contributed by atoms with Crippen LogP contribution in [0.5, 0.6) is 0 Å². The Labute approximate surface area is 219 Å². The predicted octanol–water partition coefficient (Wildman–Crippen LogP) is 3.42. The van der Waals surface area contributed by atoms with Crippen LogP contribution < -0.4 is 10.6 Å². The van der Waals surface area contributed by atoms with E-state index in [-0.39, 0.29) is 24.4 Å². The fourth-order valence-electron chi connectivity index (χ4n) is 5.90. The predicted molar refractivity (Wildman–Crippen MR) is 140 cm³/mol. The molecule has 0 saturated carbocycles. The van der Waals surface area contributed by atoms with Gasteiger partial charge in [-0.1, -0.05) is 42.5 Å². The lowest BCUT2D eigenvalue weighted by atomic mass is 9.79. The van der Waals surface area contributed by atoms with Gasteiger partial charge < -0.3 is 10.6 Å². The molecule has 2 atom stereocenters. The lowest BCUT2D eigenvalue weighted by molar-refractivity contribution is -0.129. The number of imide groups is 1. The van der Waals surface area contributed by atoms with E-state index in [9.17, 15) is 19.2 Å². The van der Waals surface area contributed by atoms with Gasteiger partial charge in [0.15, 0.2) is 0 Å². The highest BCUT2D eigenvalue weighted by Gasteiger charge is 2.51. The van der Waals surface area contributed by atoms with Gasteiger partial charge in [0.25, 0.3) is 5.91 Å². The monoisotopic (exact) mass is 509 g/mol. The van der Waals surface area contributed by atoms with Crippen molar-refractivity contribution in [2.45, 2.75) is 44.2 Å². The number of anilines is 2. The number of hydrogen-bond donors (Lipinski definition) is 2. The summed E-state index contributed by atoms with van der Waals surface area (Å²) >= 11 is 0. The number of nitrogens with zero attached hydrogens (tertiary/aromatic N) is 3. The number of hydrogen-bond acceptors (Lipinski definition) is 5. The van der Waals surface area contributed by atoms with Crippen molar-refractivity contribution >= 4 is 35.3 Å². The van der Waals surface area contributed by atoms with Gasteiger partial charge in [-0.15, -0.1) is 0 Å². The standard InChI is InChI=1S/C29H27N5O4/c1-17(2)34-26(36)24(18-7-4-3-5-8-18)33(28(34)38)16-23(35)31-21-11-10-19-14-29(15-20(19)13-21)22-9-6-12-30-25(22)32-27(29)37/h3-13,17,24H,14-16H2,1-2H3,(H,31,35)(H,30,32,37)/t24?,29-/m1/s1. The first-order valence-corrected chi connectivity index (χ1v) is 12.7. The van der Waals surface area contributed by atoms with Crippen molar-refractivity contribution in [3.8, 4) is 0 Å². The largest absolute Gasteiger partial charge is 0.328 e. The zero-order chi connectivity index (χ0) is 26.6. The number of rotatable bonds is 5. The molecule has 6 rings (SSSR count). The van der Waals surface area contributed by atoms with Crippen LogP contribution in [0, 0.1) is 0 Å². The number of urea groups is 1. The maximum atomic E-state index is 13.2. The molecule has 1 unspecified atom stereocenters. The fraction of sp³-hybridized carbons (Fsp3) is 0.276. The first kappa shape index (κ1) is 23.8. The van der Waals surface area contributed by atoms with E-state index < -0.39 is 23.4 Å². The minimum absolute atomic E-state index is 0.0631. The number of pyridine rings is 1. The maximum Gasteiger partial charge on any atom is 0.328 e. The molecular weight excluding hydrogens is 482 g/mol. The van der Waals surface area contributed by atoms with Crippen LogP contribution in [0.25, 0.3) is 0 Å². The molecule has 0 bridgehead atoms. The molecule has 9 heteroatoms. The number of aromatic nitrogens is 1. The molecule has 5 amide bonds. The van der Waals surface area contributed by atoms with Crippen LogP contribution >= 0.6 is 0 Å². The van der Waals surface area contributed by atoms with Gasteiger partial charge in [-0.25, -0.2) is 9.78 Å². The van der Waals surface area contributed by atoms with Crippen molar-refractivity contribution < 1.29 is 19.2 Å². The third-order valence-corrected chi connectivity index (χ3v) is 7.64. The second kappa shape index (κ2) is 8.79. The van der Waals surface area contributed by atoms with Gasteiger partial charge in [0, 0.05) is 23.5 Å². The average Bonchev–Trinajstić information content (AvgIpc) is 3.49. The van der Waals surface area contributed by atoms with Crippen LogP contribution in [0.2, 0.25) is 0 Å². The van der Waals surface area contributed by atoms with Gasteiger partial charge in [-0.3, -0.25) is 24.2 Å². The molecule has 1 aliphatic carbocycles. The fourth-order valence-corrected chi connectivity index (χ4v) is 5.90. The SMILES string of the molecule is CC(C)N1C(=O)C(c2ccccc2)N(CC(=O)Nc2ccc3c(c2)C[C@@]2(C3)C(=O)Nc3ncccc32)C1=O. The van der Waals surface area contributed by atoms with Crippen molar-refractivity contribution in [2.75, 3.05) is 17.2 Å². The molecule has 3 aromatic rings. The quantitative estimate of drug-likeness (QED) is 0.512. The molecule has 2 N–H and O–H groups in total. The van der Waals surface area contributed by atoms with Crippen molar-refractivity contribution in [3.63, 3.8) is 0 Å². The summed E-state index contributed by atoms with van der Waals surface area (Å²) in [5.41, 5.74) is 3.47. The lowest BCUT2D eigenvalue weighted by Gasteiger charge is -2.22. The summed E-state index contributed by atoms with van der Waals surface area (Å²) in [6, 6.07) is 16.7. The highest BCUT2D eigenvalue weighted by molar-refractivity contribution is 6.07. The van der Waals surface area contributed by atoms with Gasteiger partial charge in [0.2, 0.25) is 11.8 Å². The summed E-state index contributed by atoms with van der Waals surface area (Å²) in [4.78, 5) is 59.3. The molecule has 3 heterocycles. The Morgan fingerprint density at radius 3 is 2.58 bits per heavy atom. The Bertz CT molecular complexity index is 1490. The average molecular weight is 510 g/mol. The molecular formula is C29H27N5O4. The number of carbonyl (C=O) groups is 4. The van der Waals surface area contributed by atoms with E-state index >= 15 is 0 Å². The van der Waals surface area contributed by atoms with Crippen LogP contribution in [0.1, 0.15) is 42.1 Å². The first-order chi connectivity index (χ1) is 18.3. The molecule has 192 valence electrons. The van der Waals surface area contributed by atoms with Gasteiger partial charge in [-0.05, 0) is 61.6 Å². The van der Waals surface area contributed by atoms with Crippen molar-refractivity contribution in [1.82, 2.24) is 14.8 Å². The van der Waals surface area contributed by atoms with E-state index in [0.29, 0.717) is 29.9 Å². The molecule has 0 radical (unpaired) electrons. The Balaban J connectivity index is 1.21. The van der Waals surface area contributed by atoms with Crippen molar-refractivity contribution in [3.05, 3.63) is 89.1 Å². The van der Waals surface area contributed by atoms with Crippen molar-refractivity contribution in [2.24, 2.45) is 0 Å². The maximum absolute atomic E-state index is 13.2. The highest BCUT2D eigenvalue weighted by atomic mass is 16.2. The molecule has 1 aromatic heterocycles. The summed E-state index contributed by atoms with van der Waals surface area (Å²) in [6.45, 7) is 3.28. The zero-order valence-electron chi connectivity index (χ0n) is 21.1. The van der Waals surface area contributed by atoms with E-state index in [4.69, 9.17) is 0 Å². The summed E-state index contributed by atoms with van der Waals surface area (Å²) < 4.78 is 0. The summed E-state index contributed by atoms with van der Waals surface area (Å²) in [5.74, 6) is -0.200. The number of nitrogens with one attached hydrogen (secondary N) is 2. The van der Waals surface area contributed by atoms with Crippen LogP contribution in [0.15, 0.2) is 66.9 Å². The van der Waals surface area contributed by atoms with E-state index in [2.05, 4.69) is 15.6 Å². The number of amides is 5. The summed E-state index contributed by atoms with van der Waals surface area (Å²) in [6.07, 6.45) is 2.74. The molecule has 3 aliphatic rings. The second-order valence-corrected chi connectivity index (χ2v) is 10.3. The van der Waals surface area contributed by atoms with E-state index in [1.807, 2.05) is 30.3 Å². The molecule has 1 spiro atoms. The minimum atomic E-state index is -0.855. The van der Waals surface area contributed by atoms with Crippen LogP contribution in [0.4, 0.5) is 16.3 Å². The number of fused-ring (bicyclic) bond motifs is 3. The first-order valence-electron chi connectivity index (χ1n) is 12.7. The number of benzene rings is 2. The Kier molecular flexibility index (Phi) is 5.52. The third-order valence-electron chi connectivity index (χ3n) is 7.64. The zero-order valence-corrected chi connectivity index (χ0v) is 21.1. The van der Waals surface area contributed by atoms with Gasteiger partial charge in [-0.2, -0.15) is 0 Å². The second-order valence-electron chi connectivity index (χ2n) is 10.3. The molecule has 9 nitrogen and oxygen atoms in total. The van der Waals surface area contributed by atoms with Gasteiger partial charge >= 0.3 is 6.03 Å². The minimum Gasteiger partial charge on any atom is -0.325 e. The topological polar surface area (TPSA) is 112 Å². The summed E-state index contributed by atoms with van der Waals surface area (Å²) in [5, 5.41) is 5.78. The molecule has 1 saturated heterocycles. The lowest BCUT2D eigenvalue weighted by Crippen LogP contribution is -2.40. The smallest absolute Gasteiger partial charge is 0.325 e. The van der Waals surface area contributed by atoms with Gasteiger partial charge in [0.1, 0.15) is 18.4 Å². The third kappa shape index (κ3) is 3.65. The van der Waals surface area contributed by atoms with E-state index in [1.54, 1.807) is 50.4 Å². The van der Waals surface area contributed by atoms with E-state index in [1.165, 1.54) is 9.80 Å². The van der Waals surface area contributed by atoms with E-state index in [0.717, 1.165) is 16.7 Å². The molecule has 38 heavy (non-hydrogen) atoms. The normalized spacial score (nSPS) is 21.8. The van der Waals surface area contributed by atoms with Crippen molar-refractivity contribution in [1.29, 1.82) is 0 Å². The number of carbonyl (C=O) groups excluding carboxylic acids is 4.